The van der Waals surface area contributed by atoms with Gasteiger partial charge in [0.05, 0.1) is 17.0 Å². The molecule has 0 spiro atoms. The lowest BCUT2D eigenvalue weighted by Crippen LogP contribution is -2.42. The van der Waals surface area contributed by atoms with Gasteiger partial charge in [-0.3, -0.25) is 25.4 Å². The van der Waals surface area contributed by atoms with Crippen molar-refractivity contribution in [3.8, 4) is 11.5 Å². The Kier molecular flexibility index (Phi) is 9.50. The summed E-state index contributed by atoms with van der Waals surface area (Å²) in [7, 11) is 0. The summed E-state index contributed by atoms with van der Waals surface area (Å²) in [4.78, 5) is 40.8. The highest BCUT2D eigenvalue weighted by molar-refractivity contribution is 6.31. The molecule has 4 rings (SSSR count). The molecule has 4 amide bonds. The number of rotatable bonds is 7. The van der Waals surface area contributed by atoms with Crippen LogP contribution >= 0.6 is 23.2 Å². The summed E-state index contributed by atoms with van der Waals surface area (Å²) in [5.74, 6) is -0.551. The van der Waals surface area contributed by atoms with Crippen molar-refractivity contribution in [2.45, 2.75) is 12.6 Å². The molecule has 0 bridgehead atoms. The number of hydrazine groups is 1. The minimum absolute atomic E-state index is 0.0311. The van der Waals surface area contributed by atoms with Crippen LogP contribution in [-0.4, -0.2) is 22.8 Å². The van der Waals surface area contributed by atoms with Crippen molar-refractivity contribution in [2.75, 3.05) is 10.6 Å². The van der Waals surface area contributed by atoms with Gasteiger partial charge in [0.25, 0.3) is 5.91 Å². The van der Waals surface area contributed by atoms with E-state index in [0.717, 1.165) is 12.1 Å². The van der Waals surface area contributed by atoms with Gasteiger partial charge in [-0.05, 0) is 60.2 Å². The van der Waals surface area contributed by atoms with Crippen LogP contribution in [0.15, 0.2) is 85.1 Å². The molecule has 4 aromatic rings. The van der Waals surface area contributed by atoms with Gasteiger partial charge in [0.15, 0.2) is 0 Å². The van der Waals surface area contributed by atoms with Crippen molar-refractivity contribution in [1.29, 1.82) is 0 Å². The Labute approximate surface area is 247 Å². The van der Waals surface area contributed by atoms with Crippen LogP contribution in [0, 0.1) is 0 Å². The Hall–Kier alpha value is -4.81. The predicted octanol–water partition coefficient (Wildman–Crippen LogP) is 6.85. The molecule has 0 aliphatic rings. The van der Waals surface area contributed by atoms with Crippen LogP contribution in [0.3, 0.4) is 0 Å². The average Bonchev–Trinajstić information content (AvgIpc) is 2.94. The van der Waals surface area contributed by atoms with Gasteiger partial charge in [0, 0.05) is 28.7 Å². The van der Waals surface area contributed by atoms with Crippen molar-refractivity contribution < 1.29 is 32.3 Å². The van der Waals surface area contributed by atoms with E-state index >= 15 is 0 Å². The lowest BCUT2D eigenvalue weighted by Gasteiger charge is -2.13. The summed E-state index contributed by atoms with van der Waals surface area (Å²) in [6.45, 7) is 0. The number of benzene rings is 3. The number of halogens is 5. The molecule has 1 heterocycles. The highest BCUT2D eigenvalue weighted by Crippen LogP contribution is 2.36. The second kappa shape index (κ2) is 13.2. The van der Waals surface area contributed by atoms with E-state index in [2.05, 4.69) is 26.5 Å². The molecule has 3 aromatic carbocycles. The maximum absolute atomic E-state index is 13.0. The van der Waals surface area contributed by atoms with E-state index in [9.17, 15) is 27.6 Å². The highest BCUT2D eigenvalue weighted by atomic mass is 35.5. The molecule has 4 N–H and O–H groups in total. The molecule has 0 atom stereocenters. The Morgan fingerprint density at radius 3 is 2.19 bits per heavy atom. The molecule has 216 valence electrons. The van der Waals surface area contributed by atoms with Crippen LogP contribution in [-0.2, 0) is 17.4 Å². The number of amides is 4. The quantitative estimate of drug-likeness (QED) is 0.169. The SMILES string of the molecule is O=C(Cc1ccccc1Cl)NNC(=O)c1cc(Oc2ccc(NC(=O)Nc3ccc(Cl)c(C(F)(F)F)c3)cc2)ccn1. The molecule has 0 saturated heterocycles. The zero-order valence-corrected chi connectivity index (χ0v) is 22.8. The van der Waals surface area contributed by atoms with Gasteiger partial charge in [-0.2, -0.15) is 13.2 Å². The zero-order chi connectivity index (χ0) is 30.3. The first-order chi connectivity index (χ1) is 20.0. The first-order valence-corrected chi connectivity index (χ1v) is 12.7. The number of urea groups is 1. The van der Waals surface area contributed by atoms with Gasteiger partial charge in [-0.25, -0.2) is 4.79 Å². The van der Waals surface area contributed by atoms with Crippen LogP contribution in [0.25, 0.3) is 0 Å². The number of carbonyl (C=O) groups is 3. The Morgan fingerprint density at radius 1 is 0.786 bits per heavy atom. The molecule has 0 aliphatic heterocycles. The van der Waals surface area contributed by atoms with Gasteiger partial charge < -0.3 is 15.4 Å². The average molecular weight is 618 g/mol. The topological polar surface area (TPSA) is 121 Å². The first kappa shape index (κ1) is 30.2. The number of ether oxygens (including phenoxy) is 1. The lowest BCUT2D eigenvalue weighted by atomic mass is 10.1. The Bertz CT molecular complexity index is 1620. The number of aromatic nitrogens is 1. The Balaban J connectivity index is 1.30. The van der Waals surface area contributed by atoms with Gasteiger partial charge in [-0.1, -0.05) is 41.4 Å². The van der Waals surface area contributed by atoms with Gasteiger partial charge in [0.1, 0.15) is 17.2 Å². The van der Waals surface area contributed by atoms with E-state index in [1.807, 2.05) is 0 Å². The fourth-order valence-corrected chi connectivity index (χ4v) is 3.93. The van der Waals surface area contributed by atoms with E-state index in [0.29, 0.717) is 22.0 Å². The van der Waals surface area contributed by atoms with Crippen molar-refractivity contribution in [3.05, 3.63) is 112 Å². The number of hydrogen-bond donors (Lipinski definition) is 4. The largest absolute Gasteiger partial charge is 0.457 e. The summed E-state index contributed by atoms with van der Waals surface area (Å²) in [5, 5.41) is 4.76. The number of pyridine rings is 1. The summed E-state index contributed by atoms with van der Waals surface area (Å²) in [5.41, 5.74) is 4.31. The Morgan fingerprint density at radius 2 is 1.48 bits per heavy atom. The van der Waals surface area contributed by atoms with Gasteiger partial charge in [0.2, 0.25) is 5.91 Å². The number of carbonyl (C=O) groups excluding carboxylic acids is 3. The fourth-order valence-electron chi connectivity index (χ4n) is 3.50. The minimum atomic E-state index is -4.67. The van der Waals surface area contributed by atoms with Gasteiger partial charge >= 0.3 is 12.2 Å². The zero-order valence-electron chi connectivity index (χ0n) is 21.3. The maximum atomic E-state index is 13.0. The normalized spacial score (nSPS) is 10.9. The minimum Gasteiger partial charge on any atom is -0.457 e. The summed E-state index contributed by atoms with van der Waals surface area (Å²) < 4.78 is 44.9. The second-order valence-corrected chi connectivity index (χ2v) is 9.36. The van der Waals surface area contributed by atoms with E-state index < -0.39 is 34.6 Å². The molecule has 0 saturated carbocycles. The van der Waals surface area contributed by atoms with Crippen molar-refractivity contribution >= 4 is 52.4 Å². The van der Waals surface area contributed by atoms with Gasteiger partial charge in [-0.15, -0.1) is 0 Å². The number of nitrogens with zero attached hydrogens (tertiary/aromatic N) is 1. The van der Waals surface area contributed by atoms with Crippen LogP contribution in [0.4, 0.5) is 29.3 Å². The van der Waals surface area contributed by atoms with E-state index in [-0.39, 0.29) is 23.6 Å². The number of nitrogens with one attached hydrogen (secondary N) is 4. The highest BCUT2D eigenvalue weighted by Gasteiger charge is 2.33. The molecule has 9 nitrogen and oxygen atoms in total. The van der Waals surface area contributed by atoms with Crippen LogP contribution in [0.1, 0.15) is 21.6 Å². The molecule has 0 radical (unpaired) electrons. The fraction of sp³-hybridized carbons (Fsp3) is 0.0714. The van der Waals surface area contributed by atoms with E-state index in [1.54, 1.807) is 24.3 Å². The molecule has 14 heteroatoms. The molecule has 0 aliphatic carbocycles. The molecule has 0 fully saturated rings. The maximum Gasteiger partial charge on any atom is 0.417 e. The van der Waals surface area contributed by atoms with Crippen LogP contribution in [0.5, 0.6) is 11.5 Å². The third-order valence-electron chi connectivity index (χ3n) is 5.47. The van der Waals surface area contributed by atoms with E-state index in [1.165, 1.54) is 48.7 Å². The summed E-state index contributed by atoms with van der Waals surface area (Å²) >= 11 is 11.6. The molecule has 42 heavy (non-hydrogen) atoms. The smallest absolute Gasteiger partial charge is 0.417 e. The number of anilines is 2. The molecular formula is C28H20Cl2F3N5O4. The number of hydrogen-bond acceptors (Lipinski definition) is 5. The lowest BCUT2D eigenvalue weighted by molar-refractivity contribution is -0.137. The monoisotopic (exact) mass is 617 g/mol. The third kappa shape index (κ3) is 8.35. The number of alkyl halides is 3. The third-order valence-corrected chi connectivity index (χ3v) is 6.16. The first-order valence-electron chi connectivity index (χ1n) is 12.0. The molecule has 1 aromatic heterocycles. The molecule has 0 unspecified atom stereocenters. The second-order valence-electron chi connectivity index (χ2n) is 8.55. The van der Waals surface area contributed by atoms with Crippen molar-refractivity contribution in [3.63, 3.8) is 0 Å². The summed E-state index contributed by atoms with van der Waals surface area (Å²) in [6, 6.07) is 18.0. The van der Waals surface area contributed by atoms with E-state index in [4.69, 9.17) is 27.9 Å². The summed E-state index contributed by atoms with van der Waals surface area (Å²) in [6.07, 6.45) is -3.37. The standard InChI is InChI=1S/C28H20Cl2F3N5O4/c29-22-4-2-1-3-16(22)13-25(39)37-38-26(40)24-15-20(11-12-34-24)42-19-8-5-17(6-9-19)35-27(41)36-18-7-10-23(30)21(14-18)28(31,32)33/h1-12,14-15H,13H2,(H,37,39)(H,38,40)(H2,35,36,41). The van der Waals surface area contributed by atoms with Crippen LogP contribution < -0.4 is 26.2 Å². The van der Waals surface area contributed by atoms with Crippen molar-refractivity contribution in [2.24, 2.45) is 0 Å². The van der Waals surface area contributed by atoms with Crippen LogP contribution in [0.2, 0.25) is 10.0 Å². The van der Waals surface area contributed by atoms with Crippen molar-refractivity contribution in [1.82, 2.24) is 15.8 Å². The predicted molar refractivity (Wildman–Crippen MR) is 151 cm³/mol. The molecular weight excluding hydrogens is 598 g/mol.